The van der Waals surface area contributed by atoms with E-state index in [0.29, 0.717) is 5.82 Å². The summed E-state index contributed by atoms with van der Waals surface area (Å²) in [4.78, 5) is 21.8. The maximum absolute atomic E-state index is 11.8. The van der Waals surface area contributed by atoms with Crippen LogP contribution in [-0.4, -0.2) is 47.0 Å². The van der Waals surface area contributed by atoms with Crippen LogP contribution in [0.5, 0.6) is 0 Å². The topological polar surface area (TPSA) is 70.2 Å². The van der Waals surface area contributed by atoms with Crippen molar-refractivity contribution in [2.75, 3.05) is 30.8 Å². The first-order valence-electron chi connectivity index (χ1n) is 5.89. The Morgan fingerprint density at radius 2 is 2.22 bits per heavy atom. The Balaban J connectivity index is 2.14. The molecule has 7 heteroatoms. The van der Waals surface area contributed by atoms with E-state index in [-0.39, 0.29) is 11.9 Å². The minimum atomic E-state index is -0.198. The predicted molar refractivity (Wildman–Crippen MR) is 73.6 cm³/mol. The Bertz CT molecular complexity index is 453. The Labute approximate surface area is 114 Å². The molecule has 98 valence electrons. The summed E-state index contributed by atoms with van der Waals surface area (Å²) in [5, 5.41) is 6.29. The monoisotopic (exact) mass is 313 g/mol. The lowest BCUT2D eigenvalue weighted by Gasteiger charge is -2.15. The largest absolute Gasteiger partial charge is 0.369 e. The second-order valence-electron chi connectivity index (χ2n) is 4.16. The van der Waals surface area contributed by atoms with E-state index >= 15 is 0 Å². The van der Waals surface area contributed by atoms with Crippen LogP contribution in [0.1, 0.15) is 13.3 Å². The molecule has 1 atom stereocenters. The van der Waals surface area contributed by atoms with E-state index in [0.717, 1.165) is 29.8 Å². The zero-order chi connectivity index (χ0) is 13.1. The van der Waals surface area contributed by atoms with Gasteiger partial charge in [0.1, 0.15) is 28.5 Å². The molecule has 1 aliphatic rings. The highest BCUT2D eigenvalue weighted by molar-refractivity contribution is 9.10. The van der Waals surface area contributed by atoms with E-state index in [2.05, 4.69) is 36.5 Å². The first-order chi connectivity index (χ1) is 8.63. The lowest BCUT2D eigenvalue weighted by atomic mass is 10.2. The molecule has 2 heterocycles. The number of rotatable bonds is 4. The summed E-state index contributed by atoms with van der Waals surface area (Å²) in [6.07, 6.45) is 2.27. The van der Waals surface area contributed by atoms with Crippen LogP contribution in [0.4, 0.5) is 11.6 Å². The zero-order valence-electron chi connectivity index (χ0n) is 10.4. The summed E-state index contributed by atoms with van der Waals surface area (Å²) >= 11 is 3.45. The summed E-state index contributed by atoms with van der Waals surface area (Å²) in [6.45, 7) is 3.55. The molecule has 2 rings (SSSR count). The van der Waals surface area contributed by atoms with Gasteiger partial charge in [0.25, 0.3) is 0 Å². The predicted octanol–water partition coefficient (Wildman–Crippen LogP) is 1.31. The first kappa shape index (κ1) is 13.1. The highest BCUT2D eigenvalue weighted by Crippen LogP contribution is 2.28. The minimum absolute atomic E-state index is 0.102. The Morgan fingerprint density at radius 1 is 1.50 bits per heavy atom. The lowest BCUT2D eigenvalue weighted by molar-refractivity contribution is -0.127. The molecule has 18 heavy (non-hydrogen) atoms. The van der Waals surface area contributed by atoms with E-state index in [1.807, 2.05) is 14.0 Å². The van der Waals surface area contributed by atoms with E-state index < -0.39 is 0 Å². The summed E-state index contributed by atoms with van der Waals surface area (Å²) < 4.78 is 0.759. The molecule has 6 nitrogen and oxygen atoms in total. The van der Waals surface area contributed by atoms with Crippen molar-refractivity contribution in [3.63, 3.8) is 0 Å². The molecular formula is C11H16BrN5O. The molecule has 0 aliphatic carbocycles. The van der Waals surface area contributed by atoms with Crippen molar-refractivity contribution in [1.82, 2.24) is 14.9 Å². The number of nitrogens with zero attached hydrogens (tertiary/aromatic N) is 3. The highest BCUT2D eigenvalue weighted by Gasteiger charge is 2.29. The van der Waals surface area contributed by atoms with Crippen LogP contribution in [0.25, 0.3) is 0 Å². The summed E-state index contributed by atoms with van der Waals surface area (Å²) in [6, 6.07) is -0.198. The highest BCUT2D eigenvalue weighted by atomic mass is 79.9. The molecule has 0 aromatic carbocycles. The maximum Gasteiger partial charge on any atom is 0.244 e. The van der Waals surface area contributed by atoms with Gasteiger partial charge in [-0.15, -0.1) is 0 Å². The molecule has 0 saturated carbocycles. The maximum atomic E-state index is 11.8. The number of amides is 1. The molecule has 0 spiro atoms. The van der Waals surface area contributed by atoms with Crippen molar-refractivity contribution in [1.29, 1.82) is 0 Å². The molecule has 2 N–H and O–H groups in total. The molecule has 1 aromatic heterocycles. The third-order valence-electron chi connectivity index (χ3n) is 2.87. The van der Waals surface area contributed by atoms with Crippen molar-refractivity contribution >= 4 is 33.5 Å². The second-order valence-corrected chi connectivity index (χ2v) is 4.95. The molecule has 1 fully saturated rings. The van der Waals surface area contributed by atoms with E-state index in [1.165, 1.54) is 6.33 Å². The number of likely N-dealkylation sites (tertiary alicyclic amines) is 1. The van der Waals surface area contributed by atoms with Crippen LogP contribution in [-0.2, 0) is 4.79 Å². The summed E-state index contributed by atoms with van der Waals surface area (Å²) in [5.74, 6) is 1.48. The van der Waals surface area contributed by atoms with Gasteiger partial charge in [-0.05, 0) is 29.3 Å². The normalized spacial score (nSPS) is 19.2. The van der Waals surface area contributed by atoms with Crippen LogP contribution in [0.15, 0.2) is 10.8 Å². The fourth-order valence-electron chi connectivity index (χ4n) is 1.88. The van der Waals surface area contributed by atoms with Crippen LogP contribution < -0.4 is 10.6 Å². The number of hydrogen-bond acceptors (Lipinski definition) is 5. The van der Waals surface area contributed by atoms with Crippen LogP contribution in [0, 0.1) is 0 Å². The van der Waals surface area contributed by atoms with Gasteiger partial charge in [-0.2, -0.15) is 0 Å². The molecule has 0 bridgehead atoms. The van der Waals surface area contributed by atoms with Gasteiger partial charge in [0.15, 0.2) is 0 Å². The number of carbonyl (C=O) groups is 1. The van der Waals surface area contributed by atoms with Crippen LogP contribution in [0.2, 0.25) is 0 Å². The minimum Gasteiger partial charge on any atom is -0.369 e. The number of likely N-dealkylation sites (N-methyl/N-ethyl adjacent to an activating group) is 1. The van der Waals surface area contributed by atoms with Gasteiger partial charge in [0.2, 0.25) is 5.91 Å². The van der Waals surface area contributed by atoms with Crippen molar-refractivity contribution in [3.05, 3.63) is 10.8 Å². The summed E-state index contributed by atoms with van der Waals surface area (Å²) in [5.41, 5.74) is 0. The van der Waals surface area contributed by atoms with Gasteiger partial charge in [-0.1, -0.05) is 0 Å². The third kappa shape index (κ3) is 2.55. The van der Waals surface area contributed by atoms with E-state index in [1.54, 1.807) is 4.90 Å². The Morgan fingerprint density at radius 3 is 2.83 bits per heavy atom. The Hall–Kier alpha value is -1.37. The van der Waals surface area contributed by atoms with Crippen LogP contribution in [0.3, 0.4) is 0 Å². The zero-order valence-corrected chi connectivity index (χ0v) is 12.0. The first-order valence-corrected chi connectivity index (χ1v) is 6.68. The van der Waals surface area contributed by atoms with Crippen LogP contribution >= 0.6 is 15.9 Å². The number of carbonyl (C=O) groups excluding carboxylic acids is 1. The standard InChI is InChI=1S/C11H16BrN5O/c1-3-13-9-8(12)10(15-6-14-9)16-7-4-5-17(2)11(7)18/h6-7H,3-5H2,1-2H3,(H2,13,14,15,16). The van der Waals surface area contributed by atoms with Crippen molar-refractivity contribution in [2.45, 2.75) is 19.4 Å². The fraction of sp³-hybridized carbons (Fsp3) is 0.545. The summed E-state index contributed by atoms with van der Waals surface area (Å²) in [7, 11) is 1.81. The van der Waals surface area contributed by atoms with Gasteiger partial charge in [0.05, 0.1) is 0 Å². The van der Waals surface area contributed by atoms with Crippen molar-refractivity contribution in [3.8, 4) is 0 Å². The molecule has 1 saturated heterocycles. The van der Waals surface area contributed by atoms with Gasteiger partial charge in [0, 0.05) is 20.1 Å². The van der Waals surface area contributed by atoms with E-state index in [9.17, 15) is 4.79 Å². The van der Waals surface area contributed by atoms with E-state index in [4.69, 9.17) is 0 Å². The molecule has 1 amide bonds. The average molecular weight is 314 g/mol. The number of hydrogen-bond donors (Lipinski definition) is 2. The Kier molecular flexibility index (Phi) is 4.00. The van der Waals surface area contributed by atoms with Gasteiger partial charge in [-0.3, -0.25) is 4.79 Å². The van der Waals surface area contributed by atoms with Gasteiger partial charge in [-0.25, -0.2) is 9.97 Å². The number of aromatic nitrogens is 2. The quantitative estimate of drug-likeness (QED) is 0.877. The smallest absolute Gasteiger partial charge is 0.244 e. The SMILES string of the molecule is CCNc1ncnc(NC2CCN(C)C2=O)c1Br. The average Bonchev–Trinajstić information content (AvgIpc) is 2.66. The lowest BCUT2D eigenvalue weighted by Crippen LogP contribution is -2.31. The number of anilines is 2. The molecular weight excluding hydrogens is 298 g/mol. The number of nitrogens with one attached hydrogen (secondary N) is 2. The second kappa shape index (κ2) is 5.51. The molecule has 1 aromatic rings. The molecule has 1 unspecified atom stereocenters. The third-order valence-corrected chi connectivity index (χ3v) is 3.62. The number of halogens is 1. The molecule has 1 aliphatic heterocycles. The van der Waals surface area contributed by atoms with Gasteiger partial charge >= 0.3 is 0 Å². The fourth-order valence-corrected chi connectivity index (χ4v) is 2.34. The van der Waals surface area contributed by atoms with Crippen molar-refractivity contribution < 1.29 is 4.79 Å². The molecule has 0 radical (unpaired) electrons. The van der Waals surface area contributed by atoms with Gasteiger partial charge < -0.3 is 15.5 Å². The van der Waals surface area contributed by atoms with Crippen molar-refractivity contribution in [2.24, 2.45) is 0 Å².